The number of thiazole rings is 1. The Kier molecular flexibility index (Phi) is 5.31. The molecule has 0 aliphatic carbocycles. The van der Waals surface area contributed by atoms with Gasteiger partial charge in [-0.05, 0) is 31.5 Å². The van der Waals surface area contributed by atoms with E-state index in [1.807, 2.05) is 48.2 Å². The van der Waals surface area contributed by atoms with E-state index in [1.165, 1.54) is 23.1 Å². The van der Waals surface area contributed by atoms with Gasteiger partial charge in [-0.25, -0.2) is 9.97 Å². The van der Waals surface area contributed by atoms with E-state index in [0.29, 0.717) is 5.01 Å². The minimum absolute atomic E-state index is 0.152. The number of aromatic nitrogens is 3. The van der Waals surface area contributed by atoms with Crippen molar-refractivity contribution in [2.75, 3.05) is 5.75 Å². The third-order valence-electron chi connectivity index (χ3n) is 3.56. The van der Waals surface area contributed by atoms with Crippen molar-refractivity contribution < 1.29 is 4.79 Å². The second-order valence-corrected chi connectivity index (χ2v) is 7.40. The molecule has 0 saturated carbocycles. The number of imidazole rings is 1. The van der Waals surface area contributed by atoms with Crippen molar-refractivity contribution in [1.82, 2.24) is 14.5 Å². The molecule has 0 saturated heterocycles. The summed E-state index contributed by atoms with van der Waals surface area (Å²) in [6.07, 6.45) is 3.58. The molecule has 1 unspecified atom stereocenters. The molecular formula is C18H16N4OS2. The Morgan fingerprint density at radius 3 is 2.96 bits per heavy atom. The van der Waals surface area contributed by atoms with Crippen LogP contribution in [0.3, 0.4) is 0 Å². The molecule has 5 nitrogen and oxygen atoms in total. The second kappa shape index (κ2) is 7.64. The van der Waals surface area contributed by atoms with Crippen molar-refractivity contribution >= 4 is 28.9 Å². The van der Waals surface area contributed by atoms with Gasteiger partial charge >= 0.3 is 0 Å². The van der Waals surface area contributed by atoms with Crippen LogP contribution in [-0.4, -0.2) is 26.1 Å². The van der Waals surface area contributed by atoms with E-state index in [2.05, 4.69) is 22.1 Å². The summed E-state index contributed by atoms with van der Waals surface area (Å²) in [6, 6.07) is 10.1. The Balaban J connectivity index is 1.73. The van der Waals surface area contributed by atoms with Crippen LogP contribution < -0.4 is 0 Å². The highest BCUT2D eigenvalue weighted by molar-refractivity contribution is 7.99. The van der Waals surface area contributed by atoms with Gasteiger partial charge in [0.1, 0.15) is 5.01 Å². The molecule has 7 heteroatoms. The van der Waals surface area contributed by atoms with Crippen molar-refractivity contribution in [3.63, 3.8) is 0 Å². The highest BCUT2D eigenvalue weighted by atomic mass is 32.2. The molecule has 0 spiro atoms. The highest BCUT2D eigenvalue weighted by Gasteiger charge is 2.23. The maximum atomic E-state index is 12.5. The van der Waals surface area contributed by atoms with Gasteiger partial charge in [-0.3, -0.25) is 9.36 Å². The number of carbonyl (C=O) groups is 1. The van der Waals surface area contributed by atoms with Gasteiger partial charge in [0.05, 0.1) is 11.8 Å². The van der Waals surface area contributed by atoms with Crippen molar-refractivity contribution in [3.8, 4) is 11.8 Å². The number of aryl methyl sites for hydroxylation is 2. The lowest BCUT2D eigenvalue weighted by Crippen LogP contribution is -2.13. The molecule has 0 amide bonds. The summed E-state index contributed by atoms with van der Waals surface area (Å²) in [4.78, 5) is 21.1. The fourth-order valence-corrected chi connectivity index (χ4v) is 4.10. The molecule has 0 bridgehead atoms. The average Bonchev–Trinajstić information content (AvgIpc) is 3.23. The van der Waals surface area contributed by atoms with E-state index in [-0.39, 0.29) is 11.5 Å². The molecule has 0 aliphatic rings. The van der Waals surface area contributed by atoms with Crippen LogP contribution >= 0.6 is 23.1 Å². The molecule has 1 atom stereocenters. The third kappa shape index (κ3) is 3.98. The zero-order valence-electron chi connectivity index (χ0n) is 13.8. The van der Waals surface area contributed by atoms with Gasteiger partial charge in [0.2, 0.25) is 0 Å². The Bertz CT molecular complexity index is 938. The maximum Gasteiger partial charge on any atom is 0.173 e. The molecule has 126 valence electrons. The number of carbonyl (C=O) groups excluding carboxylic acids is 1. The Morgan fingerprint density at radius 1 is 1.44 bits per heavy atom. The number of benzene rings is 1. The van der Waals surface area contributed by atoms with E-state index in [1.54, 1.807) is 6.20 Å². The first-order valence-electron chi connectivity index (χ1n) is 7.66. The minimum Gasteiger partial charge on any atom is -0.297 e. The molecular weight excluding hydrogens is 352 g/mol. The summed E-state index contributed by atoms with van der Waals surface area (Å²) in [6.45, 7) is 3.89. The third-order valence-corrected chi connectivity index (χ3v) is 5.58. The van der Waals surface area contributed by atoms with Crippen molar-refractivity contribution in [2.24, 2.45) is 0 Å². The number of thioether (sulfide) groups is 1. The molecule has 0 radical (unpaired) electrons. The van der Waals surface area contributed by atoms with Crippen LogP contribution in [0, 0.1) is 25.2 Å². The van der Waals surface area contributed by atoms with Crippen molar-refractivity contribution in [2.45, 2.75) is 24.9 Å². The lowest BCUT2D eigenvalue weighted by atomic mass is 10.1. The largest absolute Gasteiger partial charge is 0.297 e. The predicted molar refractivity (Wildman–Crippen MR) is 99.2 cm³/mol. The van der Waals surface area contributed by atoms with Gasteiger partial charge in [-0.2, -0.15) is 5.26 Å². The molecule has 3 aromatic rings. The Labute approximate surface area is 154 Å². The standard InChI is InChI=1S/C18H16N4OS2/c1-12-4-3-5-14(8-12)22-7-6-20-18(22)25-11-16(23)15(9-19)17-21-13(2)10-24-17/h3-8,10,15H,11H2,1-2H3. The topological polar surface area (TPSA) is 71.6 Å². The van der Waals surface area contributed by atoms with Crippen LogP contribution in [0.4, 0.5) is 0 Å². The van der Waals surface area contributed by atoms with Gasteiger partial charge in [0.25, 0.3) is 0 Å². The molecule has 2 aromatic heterocycles. The molecule has 0 aliphatic heterocycles. The summed E-state index contributed by atoms with van der Waals surface area (Å²) >= 11 is 2.69. The van der Waals surface area contributed by atoms with Crippen LogP contribution in [0.15, 0.2) is 47.2 Å². The van der Waals surface area contributed by atoms with Crippen LogP contribution in [0.25, 0.3) is 5.69 Å². The fourth-order valence-electron chi connectivity index (χ4n) is 2.36. The number of rotatable bonds is 6. The quantitative estimate of drug-likeness (QED) is 0.617. The van der Waals surface area contributed by atoms with Crippen LogP contribution in [0.1, 0.15) is 22.2 Å². The van der Waals surface area contributed by atoms with E-state index in [4.69, 9.17) is 0 Å². The average molecular weight is 368 g/mol. The van der Waals surface area contributed by atoms with Gasteiger partial charge in [-0.15, -0.1) is 11.3 Å². The summed E-state index contributed by atoms with van der Waals surface area (Å²) in [5.41, 5.74) is 2.98. The zero-order valence-corrected chi connectivity index (χ0v) is 15.5. The number of nitrogens with zero attached hydrogens (tertiary/aromatic N) is 4. The van der Waals surface area contributed by atoms with E-state index >= 15 is 0 Å². The van der Waals surface area contributed by atoms with Crippen molar-refractivity contribution in [1.29, 1.82) is 5.26 Å². The number of hydrogen-bond donors (Lipinski definition) is 0. The molecule has 2 heterocycles. The Hall–Kier alpha value is -2.43. The van der Waals surface area contributed by atoms with Gasteiger partial charge in [-0.1, -0.05) is 23.9 Å². The van der Waals surface area contributed by atoms with Gasteiger partial charge < -0.3 is 0 Å². The normalized spacial score (nSPS) is 11.9. The zero-order chi connectivity index (χ0) is 17.8. The molecule has 0 fully saturated rings. The fraction of sp³-hybridized carbons (Fsp3) is 0.222. The molecule has 0 N–H and O–H groups in total. The monoisotopic (exact) mass is 368 g/mol. The lowest BCUT2D eigenvalue weighted by molar-refractivity contribution is -0.116. The van der Waals surface area contributed by atoms with Gasteiger partial charge in [0.15, 0.2) is 16.9 Å². The summed E-state index contributed by atoms with van der Waals surface area (Å²) in [5.74, 6) is -0.783. The van der Waals surface area contributed by atoms with Crippen LogP contribution in [-0.2, 0) is 4.79 Å². The van der Waals surface area contributed by atoms with Crippen molar-refractivity contribution in [3.05, 3.63) is 58.3 Å². The van der Waals surface area contributed by atoms with Gasteiger partial charge in [0, 0.05) is 29.2 Å². The summed E-state index contributed by atoms with van der Waals surface area (Å²) in [7, 11) is 0. The van der Waals surface area contributed by atoms with E-state index < -0.39 is 5.92 Å². The SMILES string of the molecule is Cc1cccc(-n2ccnc2SCC(=O)C(C#N)c2nc(C)cs2)c1. The Morgan fingerprint density at radius 2 is 2.28 bits per heavy atom. The molecule has 25 heavy (non-hydrogen) atoms. The predicted octanol–water partition coefficient (Wildman–Crippen LogP) is 3.91. The summed E-state index contributed by atoms with van der Waals surface area (Å²) < 4.78 is 1.94. The summed E-state index contributed by atoms with van der Waals surface area (Å²) in [5, 5.41) is 12.5. The first kappa shape index (κ1) is 17.4. The van der Waals surface area contributed by atoms with Crippen LogP contribution in [0.2, 0.25) is 0 Å². The van der Waals surface area contributed by atoms with Crippen LogP contribution in [0.5, 0.6) is 0 Å². The number of Topliss-reactive ketones (excluding diaryl/α,β-unsaturated/α-hetero) is 1. The number of hydrogen-bond acceptors (Lipinski definition) is 6. The molecule has 1 aromatic carbocycles. The minimum atomic E-state index is -0.811. The molecule has 3 rings (SSSR count). The number of nitriles is 1. The second-order valence-electron chi connectivity index (χ2n) is 5.56. The lowest BCUT2D eigenvalue weighted by Gasteiger charge is -2.09. The number of ketones is 1. The van der Waals surface area contributed by atoms with E-state index in [0.717, 1.165) is 22.1 Å². The maximum absolute atomic E-state index is 12.5. The highest BCUT2D eigenvalue weighted by Crippen LogP contribution is 2.25. The first-order chi connectivity index (χ1) is 12.1. The first-order valence-corrected chi connectivity index (χ1v) is 9.52. The smallest absolute Gasteiger partial charge is 0.173 e. The van der Waals surface area contributed by atoms with E-state index in [9.17, 15) is 10.1 Å².